The predicted octanol–water partition coefficient (Wildman–Crippen LogP) is 3.12. The highest BCUT2D eigenvalue weighted by atomic mass is 35.5. The number of pyridine rings is 1. The molecule has 3 rings (SSSR count). The summed E-state index contributed by atoms with van der Waals surface area (Å²) < 4.78 is 0. The Balaban J connectivity index is 1.79. The Morgan fingerprint density at radius 3 is 2.79 bits per heavy atom. The van der Waals surface area contributed by atoms with Crippen LogP contribution in [0.3, 0.4) is 0 Å². The van der Waals surface area contributed by atoms with E-state index in [2.05, 4.69) is 20.1 Å². The molecule has 0 unspecified atom stereocenters. The average Bonchev–Trinajstić information content (AvgIpc) is 3.04. The number of hydrogen-bond acceptors (Lipinski definition) is 4. The van der Waals surface area contributed by atoms with E-state index in [1.54, 1.807) is 6.20 Å². The number of hydrogen-bond donors (Lipinski definition) is 2. The van der Waals surface area contributed by atoms with Crippen LogP contribution < -0.4 is 0 Å². The van der Waals surface area contributed by atoms with Gasteiger partial charge in [0.05, 0.1) is 18.5 Å². The number of nitrogens with one attached hydrogen (secondary N) is 1. The van der Waals surface area contributed by atoms with Gasteiger partial charge in [0, 0.05) is 48.2 Å². The molecule has 0 amide bonds. The smallest absolute Gasteiger partial charge is 0.0695 e. The van der Waals surface area contributed by atoms with Gasteiger partial charge in [0.2, 0.25) is 0 Å². The fraction of sp³-hybridized carbons (Fsp3) is 0.222. The van der Waals surface area contributed by atoms with Crippen molar-refractivity contribution in [1.29, 1.82) is 0 Å². The first-order valence-electron chi connectivity index (χ1n) is 7.76. The van der Waals surface area contributed by atoms with Crippen molar-refractivity contribution in [2.45, 2.75) is 13.1 Å². The molecular formula is C18H19ClN4O. The molecule has 0 spiro atoms. The second kappa shape index (κ2) is 8.06. The zero-order chi connectivity index (χ0) is 16.8. The van der Waals surface area contributed by atoms with Gasteiger partial charge < -0.3 is 5.11 Å². The zero-order valence-corrected chi connectivity index (χ0v) is 13.9. The molecule has 0 saturated carbocycles. The van der Waals surface area contributed by atoms with E-state index >= 15 is 0 Å². The van der Waals surface area contributed by atoms with Crippen LogP contribution in [0.4, 0.5) is 0 Å². The Hall–Kier alpha value is -2.21. The summed E-state index contributed by atoms with van der Waals surface area (Å²) in [6, 6.07) is 11.6. The number of rotatable bonds is 7. The van der Waals surface area contributed by atoms with Gasteiger partial charge in [0.1, 0.15) is 0 Å². The Morgan fingerprint density at radius 2 is 2.04 bits per heavy atom. The van der Waals surface area contributed by atoms with Gasteiger partial charge in [-0.3, -0.25) is 15.0 Å². The molecule has 3 aromatic rings. The molecule has 2 N–H and O–H groups in total. The van der Waals surface area contributed by atoms with Gasteiger partial charge in [0.25, 0.3) is 0 Å². The number of aromatic nitrogens is 3. The molecule has 124 valence electrons. The highest BCUT2D eigenvalue weighted by Crippen LogP contribution is 2.25. The third-order valence-corrected chi connectivity index (χ3v) is 4.01. The molecule has 1 aromatic carbocycles. The largest absolute Gasteiger partial charge is 0.395 e. The van der Waals surface area contributed by atoms with E-state index in [4.69, 9.17) is 11.6 Å². The molecule has 6 heteroatoms. The highest BCUT2D eigenvalue weighted by molar-refractivity contribution is 6.30. The first-order valence-corrected chi connectivity index (χ1v) is 8.14. The number of aliphatic hydroxyl groups is 1. The summed E-state index contributed by atoms with van der Waals surface area (Å²) in [5, 5.41) is 17.3. The monoisotopic (exact) mass is 342 g/mol. The van der Waals surface area contributed by atoms with Crippen LogP contribution in [0.15, 0.2) is 55.0 Å². The Bertz CT molecular complexity index is 775. The average molecular weight is 343 g/mol. The molecule has 0 bridgehead atoms. The number of halogens is 1. The lowest BCUT2D eigenvalue weighted by Gasteiger charge is -2.21. The summed E-state index contributed by atoms with van der Waals surface area (Å²) in [6.45, 7) is 2.07. The number of aliphatic hydroxyl groups excluding tert-OH is 1. The fourth-order valence-electron chi connectivity index (χ4n) is 2.67. The molecule has 2 aromatic heterocycles. The van der Waals surface area contributed by atoms with E-state index in [1.807, 2.05) is 48.8 Å². The van der Waals surface area contributed by atoms with E-state index < -0.39 is 0 Å². The van der Waals surface area contributed by atoms with Crippen LogP contribution in [0.25, 0.3) is 11.3 Å². The summed E-state index contributed by atoms with van der Waals surface area (Å²) in [6.07, 6.45) is 5.43. The van der Waals surface area contributed by atoms with Gasteiger partial charge in [-0.15, -0.1) is 0 Å². The number of aromatic amines is 1. The first-order chi connectivity index (χ1) is 11.8. The van der Waals surface area contributed by atoms with Crippen molar-refractivity contribution >= 4 is 11.6 Å². The van der Waals surface area contributed by atoms with Crippen molar-refractivity contribution in [1.82, 2.24) is 20.1 Å². The molecule has 2 heterocycles. The zero-order valence-electron chi connectivity index (χ0n) is 13.2. The minimum atomic E-state index is 0.102. The summed E-state index contributed by atoms with van der Waals surface area (Å²) in [5.74, 6) is 0. The molecule has 0 aliphatic rings. The number of nitrogens with zero attached hydrogens (tertiary/aromatic N) is 3. The van der Waals surface area contributed by atoms with Crippen LogP contribution in [0.1, 0.15) is 11.1 Å². The molecule has 0 aliphatic heterocycles. The van der Waals surface area contributed by atoms with Gasteiger partial charge in [-0.05, 0) is 23.8 Å². The van der Waals surface area contributed by atoms with E-state index in [-0.39, 0.29) is 6.61 Å². The molecule has 0 fully saturated rings. The third-order valence-electron chi connectivity index (χ3n) is 3.77. The second-order valence-corrected chi connectivity index (χ2v) is 6.01. The maximum atomic E-state index is 9.37. The number of benzene rings is 1. The maximum Gasteiger partial charge on any atom is 0.0695 e. The molecule has 0 atom stereocenters. The molecule has 5 nitrogen and oxygen atoms in total. The van der Waals surface area contributed by atoms with Crippen molar-refractivity contribution < 1.29 is 5.11 Å². The highest BCUT2D eigenvalue weighted by Gasteiger charge is 2.13. The minimum absolute atomic E-state index is 0.102. The standard InChI is InChI=1S/C18H19ClN4O/c19-17-5-1-4-15(9-17)18-16(11-21-22-18)13-23(7-8-24)12-14-3-2-6-20-10-14/h1-6,9-11,24H,7-8,12-13H2,(H,21,22). The summed E-state index contributed by atoms with van der Waals surface area (Å²) >= 11 is 6.09. The molecule has 24 heavy (non-hydrogen) atoms. The van der Waals surface area contributed by atoms with Gasteiger partial charge in [-0.1, -0.05) is 29.8 Å². The molecule has 0 saturated heterocycles. The van der Waals surface area contributed by atoms with Crippen molar-refractivity contribution in [3.8, 4) is 11.3 Å². The molecular weight excluding hydrogens is 324 g/mol. The summed E-state index contributed by atoms with van der Waals surface area (Å²) in [5.41, 5.74) is 4.13. The third kappa shape index (κ3) is 4.20. The van der Waals surface area contributed by atoms with Gasteiger partial charge >= 0.3 is 0 Å². The molecule has 0 radical (unpaired) electrons. The van der Waals surface area contributed by atoms with E-state index in [0.29, 0.717) is 24.7 Å². The first kappa shape index (κ1) is 16.6. The molecule has 0 aliphatic carbocycles. The number of H-pyrrole nitrogens is 1. The Labute approximate surface area is 145 Å². The van der Waals surface area contributed by atoms with Crippen LogP contribution in [-0.2, 0) is 13.1 Å². The van der Waals surface area contributed by atoms with Gasteiger partial charge in [-0.2, -0.15) is 5.10 Å². The van der Waals surface area contributed by atoms with E-state index in [0.717, 1.165) is 22.4 Å². The van der Waals surface area contributed by atoms with Crippen molar-refractivity contribution in [2.75, 3.05) is 13.2 Å². The van der Waals surface area contributed by atoms with Crippen molar-refractivity contribution in [3.05, 3.63) is 71.1 Å². The van der Waals surface area contributed by atoms with Gasteiger partial charge in [-0.25, -0.2) is 0 Å². The van der Waals surface area contributed by atoms with E-state index in [9.17, 15) is 5.11 Å². The van der Waals surface area contributed by atoms with Crippen LogP contribution in [-0.4, -0.2) is 38.3 Å². The van der Waals surface area contributed by atoms with Crippen molar-refractivity contribution in [3.63, 3.8) is 0 Å². The quantitative estimate of drug-likeness (QED) is 0.692. The van der Waals surface area contributed by atoms with Crippen molar-refractivity contribution in [2.24, 2.45) is 0 Å². The summed E-state index contributed by atoms with van der Waals surface area (Å²) in [4.78, 5) is 6.31. The lowest BCUT2D eigenvalue weighted by atomic mass is 10.1. The van der Waals surface area contributed by atoms with Crippen LogP contribution in [0.2, 0.25) is 5.02 Å². The normalized spacial score (nSPS) is 11.1. The van der Waals surface area contributed by atoms with E-state index in [1.165, 1.54) is 0 Å². The lowest BCUT2D eigenvalue weighted by Crippen LogP contribution is -2.26. The van der Waals surface area contributed by atoms with Crippen LogP contribution in [0, 0.1) is 0 Å². The Kier molecular flexibility index (Phi) is 5.59. The minimum Gasteiger partial charge on any atom is -0.395 e. The second-order valence-electron chi connectivity index (χ2n) is 5.58. The van der Waals surface area contributed by atoms with Gasteiger partial charge in [0.15, 0.2) is 0 Å². The lowest BCUT2D eigenvalue weighted by molar-refractivity contribution is 0.184. The Morgan fingerprint density at radius 1 is 1.12 bits per heavy atom. The maximum absolute atomic E-state index is 9.37. The van der Waals surface area contributed by atoms with Crippen LogP contribution in [0.5, 0.6) is 0 Å². The fourth-order valence-corrected chi connectivity index (χ4v) is 2.86. The topological polar surface area (TPSA) is 65.0 Å². The predicted molar refractivity (Wildman–Crippen MR) is 94.5 cm³/mol. The van der Waals surface area contributed by atoms with Crippen LogP contribution >= 0.6 is 11.6 Å². The SMILES string of the molecule is OCCN(Cc1cccnc1)Cc1cn[nH]c1-c1cccc(Cl)c1. The summed E-state index contributed by atoms with van der Waals surface area (Å²) in [7, 11) is 0.